The highest BCUT2D eigenvalue weighted by molar-refractivity contribution is 7.19. The van der Waals surface area contributed by atoms with Crippen molar-refractivity contribution < 1.29 is 0 Å². The molecule has 7 heterocycles. The van der Waals surface area contributed by atoms with Crippen LogP contribution in [0.4, 0.5) is 5.82 Å². The zero-order valence-corrected chi connectivity index (χ0v) is 19.8. The van der Waals surface area contributed by atoms with Gasteiger partial charge < -0.3 is 15.6 Å². The van der Waals surface area contributed by atoms with E-state index in [-0.39, 0.29) is 6.04 Å². The Bertz CT molecular complexity index is 1710. The van der Waals surface area contributed by atoms with Gasteiger partial charge in [0.25, 0.3) is 0 Å². The Kier molecular flexibility index (Phi) is 4.59. The molecule has 0 amide bonds. The fourth-order valence-electron chi connectivity index (χ4n) is 4.39. The number of hydrogen-bond donors (Lipinski definition) is 3. The topological polar surface area (TPSA) is 125 Å². The summed E-state index contributed by atoms with van der Waals surface area (Å²) in [7, 11) is 0. The highest BCUT2D eigenvalue weighted by atomic mass is 35.5. The van der Waals surface area contributed by atoms with Gasteiger partial charge in [0.1, 0.15) is 22.7 Å². The van der Waals surface area contributed by atoms with E-state index in [4.69, 9.17) is 27.3 Å². The first-order valence-corrected chi connectivity index (χ1v) is 12.2. The predicted octanol–water partition coefficient (Wildman–Crippen LogP) is 4.49. The molecule has 0 unspecified atom stereocenters. The average Bonchev–Trinajstić information content (AvgIpc) is 3.59. The Morgan fingerprint density at radius 1 is 0.971 bits per heavy atom. The van der Waals surface area contributed by atoms with E-state index >= 15 is 0 Å². The summed E-state index contributed by atoms with van der Waals surface area (Å²) in [5.74, 6) is 0.808. The molecule has 9 nitrogen and oxygen atoms in total. The van der Waals surface area contributed by atoms with Crippen LogP contribution in [0.15, 0.2) is 55.1 Å². The molecule has 0 aliphatic carbocycles. The van der Waals surface area contributed by atoms with Crippen LogP contribution in [-0.2, 0) is 0 Å². The molecule has 0 radical (unpaired) electrons. The number of nitrogens with two attached hydrogens (primary N) is 1. The van der Waals surface area contributed by atoms with Gasteiger partial charge in [0.15, 0.2) is 0 Å². The number of aromatic amines is 2. The Labute approximate surface area is 208 Å². The normalized spacial score (nSPS) is 14.2. The van der Waals surface area contributed by atoms with E-state index in [0.717, 1.165) is 72.7 Å². The van der Waals surface area contributed by atoms with Crippen molar-refractivity contribution in [1.29, 1.82) is 0 Å². The van der Waals surface area contributed by atoms with E-state index in [2.05, 4.69) is 36.1 Å². The highest BCUT2D eigenvalue weighted by Gasteiger charge is 2.25. The largest absolute Gasteiger partial charge is 0.352 e. The van der Waals surface area contributed by atoms with Gasteiger partial charge in [0.2, 0.25) is 0 Å². The first kappa shape index (κ1) is 20.5. The summed E-state index contributed by atoms with van der Waals surface area (Å²) < 4.78 is 0.743. The number of thiophene rings is 1. The third kappa shape index (κ3) is 3.45. The zero-order valence-electron chi connectivity index (χ0n) is 18.2. The molecular formula is C24H18ClN9S. The van der Waals surface area contributed by atoms with Crippen LogP contribution in [0.25, 0.3) is 55.2 Å². The van der Waals surface area contributed by atoms with Gasteiger partial charge in [-0.1, -0.05) is 11.6 Å². The summed E-state index contributed by atoms with van der Waals surface area (Å²) in [6, 6.07) is 10.1. The van der Waals surface area contributed by atoms with Crippen molar-refractivity contribution in [1.82, 2.24) is 35.1 Å². The minimum Gasteiger partial charge on any atom is -0.352 e. The number of hydrogen-bond acceptors (Lipinski definition) is 8. The quantitative estimate of drug-likeness (QED) is 0.326. The lowest BCUT2D eigenvalue weighted by Gasteiger charge is -2.37. The Hall–Kier alpha value is -3.86. The number of rotatable bonds is 4. The van der Waals surface area contributed by atoms with Crippen LogP contribution >= 0.6 is 22.9 Å². The number of fused-ring (bicyclic) bond motifs is 2. The van der Waals surface area contributed by atoms with E-state index in [1.165, 1.54) is 11.3 Å². The summed E-state index contributed by atoms with van der Waals surface area (Å²) in [6.07, 6.45) is 7.16. The van der Waals surface area contributed by atoms with Gasteiger partial charge in [0, 0.05) is 41.2 Å². The second-order valence-electron chi connectivity index (χ2n) is 8.53. The predicted molar refractivity (Wildman–Crippen MR) is 139 cm³/mol. The molecular weight excluding hydrogens is 482 g/mol. The number of aromatic nitrogens is 7. The molecule has 35 heavy (non-hydrogen) atoms. The van der Waals surface area contributed by atoms with E-state index in [0.29, 0.717) is 5.69 Å². The molecule has 1 aliphatic heterocycles. The summed E-state index contributed by atoms with van der Waals surface area (Å²) in [4.78, 5) is 25.1. The van der Waals surface area contributed by atoms with Crippen molar-refractivity contribution in [2.75, 3.05) is 18.0 Å². The Morgan fingerprint density at radius 3 is 2.69 bits per heavy atom. The molecule has 0 saturated carbocycles. The first-order chi connectivity index (χ1) is 17.1. The van der Waals surface area contributed by atoms with Crippen LogP contribution in [0, 0.1) is 0 Å². The first-order valence-electron chi connectivity index (χ1n) is 11.0. The monoisotopic (exact) mass is 499 g/mol. The van der Waals surface area contributed by atoms with E-state index < -0.39 is 0 Å². The maximum atomic E-state index is 6.17. The maximum absolute atomic E-state index is 6.17. The van der Waals surface area contributed by atoms with Crippen molar-refractivity contribution in [2.45, 2.75) is 6.04 Å². The average molecular weight is 500 g/mol. The Balaban J connectivity index is 1.31. The number of anilines is 1. The van der Waals surface area contributed by atoms with Crippen LogP contribution in [0.1, 0.15) is 0 Å². The van der Waals surface area contributed by atoms with Crippen LogP contribution in [0.5, 0.6) is 0 Å². The number of H-pyrrole nitrogens is 2. The fourth-order valence-corrected chi connectivity index (χ4v) is 5.46. The molecule has 0 aromatic carbocycles. The second kappa shape index (κ2) is 7.84. The number of nitrogens with zero attached hydrogens (tertiary/aromatic N) is 6. The van der Waals surface area contributed by atoms with Crippen LogP contribution in [0.2, 0.25) is 4.34 Å². The lowest BCUT2D eigenvalue weighted by Crippen LogP contribution is -2.56. The Morgan fingerprint density at radius 2 is 1.86 bits per heavy atom. The lowest BCUT2D eigenvalue weighted by atomic mass is 10.1. The van der Waals surface area contributed by atoms with Gasteiger partial charge in [-0.3, -0.25) is 15.1 Å². The van der Waals surface area contributed by atoms with Crippen molar-refractivity contribution in [3.05, 3.63) is 59.5 Å². The summed E-state index contributed by atoms with van der Waals surface area (Å²) >= 11 is 7.70. The lowest BCUT2D eigenvalue weighted by molar-refractivity contribution is 0.514. The molecule has 0 atom stereocenters. The molecule has 6 aromatic heterocycles. The molecule has 11 heteroatoms. The standard InChI is InChI=1S/C24H18ClN9S/c25-21-4-3-20(35-21)14-6-27-7-18-13(14)5-17(29-18)24-23-16(32-33-24)2-1-15(31-23)19-8-28-9-22(30-19)34-10-12(26)11-34/h1-9,12,29H,10-11,26H2,(H,32,33). The molecule has 1 aliphatic rings. The maximum Gasteiger partial charge on any atom is 0.147 e. The van der Waals surface area contributed by atoms with Crippen molar-refractivity contribution in [2.24, 2.45) is 5.73 Å². The SMILES string of the molecule is NC1CN(c2cncc(-c3ccc4[nH]nc(-c5cc6c(-c7ccc(Cl)s7)cncc6[nH]5)c4n3)n2)C1. The second-order valence-corrected chi connectivity index (χ2v) is 10.2. The number of halogens is 1. The third-order valence-electron chi connectivity index (χ3n) is 6.17. The van der Waals surface area contributed by atoms with Gasteiger partial charge >= 0.3 is 0 Å². The molecule has 6 aromatic rings. The molecule has 4 N–H and O–H groups in total. The van der Waals surface area contributed by atoms with Gasteiger partial charge in [-0.15, -0.1) is 11.3 Å². The minimum atomic E-state index is 0.187. The van der Waals surface area contributed by atoms with Gasteiger partial charge in [0.05, 0.1) is 45.3 Å². The summed E-state index contributed by atoms with van der Waals surface area (Å²) in [5, 5.41) is 8.70. The van der Waals surface area contributed by atoms with Gasteiger partial charge in [-0.2, -0.15) is 5.10 Å². The van der Waals surface area contributed by atoms with E-state index in [1.807, 2.05) is 36.7 Å². The van der Waals surface area contributed by atoms with Gasteiger partial charge in [-0.25, -0.2) is 9.97 Å². The molecule has 172 valence electrons. The summed E-state index contributed by atoms with van der Waals surface area (Å²) in [6.45, 7) is 1.57. The zero-order chi connectivity index (χ0) is 23.5. The fraction of sp³-hybridized carbons (Fsp3) is 0.125. The number of pyridine rings is 2. The van der Waals surface area contributed by atoms with Gasteiger partial charge in [-0.05, 0) is 30.3 Å². The smallest absolute Gasteiger partial charge is 0.147 e. The minimum absolute atomic E-state index is 0.187. The van der Waals surface area contributed by atoms with E-state index in [1.54, 1.807) is 12.4 Å². The van der Waals surface area contributed by atoms with Crippen molar-refractivity contribution in [3.8, 4) is 33.2 Å². The van der Waals surface area contributed by atoms with Crippen LogP contribution < -0.4 is 10.6 Å². The molecule has 0 spiro atoms. The van der Waals surface area contributed by atoms with E-state index in [9.17, 15) is 0 Å². The highest BCUT2D eigenvalue weighted by Crippen LogP contribution is 2.37. The molecule has 7 rings (SSSR count). The molecule has 1 fully saturated rings. The third-order valence-corrected chi connectivity index (χ3v) is 7.43. The van der Waals surface area contributed by atoms with Crippen molar-refractivity contribution >= 4 is 50.7 Å². The summed E-state index contributed by atoms with van der Waals surface area (Å²) in [5.41, 5.74) is 12.5. The number of nitrogens with one attached hydrogen (secondary N) is 2. The van der Waals surface area contributed by atoms with Crippen LogP contribution in [-0.4, -0.2) is 54.2 Å². The molecule has 1 saturated heterocycles. The van der Waals surface area contributed by atoms with Crippen molar-refractivity contribution in [3.63, 3.8) is 0 Å². The van der Waals surface area contributed by atoms with Crippen LogP contribution in [0.3, 0.4) is 0 Å². The molecule has 0 bridgehead atoms.